The van der Waals surface area contributed by atoms with E-state index in [1.807, 2.05) is 42.5 Å². The van der Waals surface area contributed by atoms with Crippen molar-refractivity contribution in [3.05, 3.63) is 59.0 Å². The van der Waals surface area contributed by atoms with Crippen LogP contribution in [-0.4, -0.2) is 25.3 Å². The lowest BCUT2D eigenvalue weighted by Crippen LogP contribution is -1.99. The molecular formula is C19H19NO4. The monoisotopic (exact) mass is 325 g/mol. The smallest absolute Gasteiger partial charge is 0.334 e. The molecule has 5 nitrogen and oxygen atoms in total. The minimum Gasteiger partial charge on any atom is -0.496 e. The van der Waals surface area contributed by atoms with E-state index in [1.54, 1.807) is 0 Å². The molecule has 1 saturated carbocycles. The standard InChI is InChI=1S/C19H19NO4/c1-22-18(12-19(21)23-2)16-6-4-3-5-13(16)9-10-15-11-17(20-24-15)14-7-8-14/h3-6,9-12,14H,7-8H2,1-2H3. The number of esters is 1. The van der Waals surface area contributed by atoms with E-state index in [-0.39, 0.29) is 0 Å². The van der Waals surface area contributed by atoms with Gasteiger partial charge >= 0.3 is 5.97 Å². The SMILES string of the molecule is COC(=O)C=C(OC)c1ccccc1C=Cc1cc(C2CC2)no1. The third-order valence-corrected chi connectivity index (χ3v) is 3.87. The second-order valence-corrected chi connectivity index (χ2v) is 5.58. The van der Waals surface area contributed by atoms with Crippen LogP contribution in [0.1, 0.15) is 41.3 Å². The number of aromatic nitrogens is 1. The third kappa shape index (κ3) is 3.74. The maximum Gasteiger partial charge on any atom is 0.334 e. The first kappa shape index (κ1) is 16.1. The minimum atomic E-state index is -0.463. The Morgan fingerprint density at radius 3 is 2.71 bits per heavy atom. The third-order valence-electron chi connectivity index (χ3n) is 3.87. The second-order valence-electron chi connectivity index (χ2n) is 5.58. The zero-order valence-corrected chi connectivity index (χ0v) is 13.7. The first-order valence-electron chi connectivity index (χ1n) is 7.79. The Hall–Kier alpha value is -2.82. The van der Waals surface area contributed by atoms with E-state index in [9.17, 15) is 4.79 Å². The highest BCUT2D eigenvalue weighted by molar-refractivity contribution is 5.91. The molecule has 0 unspecified atom stereocenters. The number of rotatable bonds is 6. The normalized spacial score (nSPS) is 14.8. The molecule has 0 aliphatic heterocycles. The first-order chi connectivity index (χ1) is 11.7. The number of nitrogens with zero attached hydrogens (tertiary/aromatic N) is 1. The van der Waals surface area contributed by atoms with E-state index >= 15 is 0 Å². The maximum atomic E-state index is 11.5. The zero-order chi connectivity index (χ0) is 16.9. The van der Waals surface area contributed by atoms with Gasteiger partial charge in [0.2, 0.25) is 0 Å². The summed E-state index contributed by atoms with van der Waals surface area (Å²) >= 11 is 0. The van der Waals surface area contributed by atoms with Crippen LogP contribution in [0.2, 0.25) is 0 Å². The highest BCUT2D eigenvalue weighted by Crippen LogP contribution is 2.39. The highest BCUT2D eigenvalue weighted by atomic mass is 16.5. The maximum absolute atomic E-state index is 11.5. The molecule has 5 heteroatoms. The predicted molar refractivity (Wildman–Crippen MR) is 90.9 cm³/mol. The molecule has 1 heterocycles. The van der Waals surface area contributed by atoms with Crippen LogP contribution in [-0.2, 0) is 14.3 Å². The first-order valence-corrected chi connectivity index (χ1v) is 7.79. The van der Waals surface area contributed by atoms with E-state index in [0.29, 0.717) is 17.4 Å². The van der Waals surface area contributed by atoms with Crippen LogP contribution >= 0.6 is 0 Å². The van der Waals surface area contributed by atoms with Gasteiger partial charge in [0.25, 0.3) is 0 Å². The molecule has 1 fully saturated rings. The largest absolute Gasteiger partial charge is 0.496 e. The molecule has 0 radical (unpaired) electrons. The quantitative estimate of drug-likeness (QED) is 0.458. The summed E-state index contributed by atoms with van der Waals surface area (Å²) in [5, 5.41) is 4.09. The summed E-state index contributed by atoms with van der Waals surface area (Å²) in [5.74, 6) is 1.25. The van der Waals surface area contributed by atoms with Crippen molar-refractivity contribution in [2.45, 2.75) is 18.8 Å². The lowest BCUT2D eigenvalue weighted by molar-refractivity contribution is -0.134. The average Bonchev–Trinajstić information content (AvgIpc) is 3.36. The summed E-state index contributed by atoms with van der Waals surface area (Å²) in [5.41, 5.74) is 2.72. The van der Waals surface area contributed by atoms with Crippen molar-refractivity contribution in [2.75, 3.05) is 14.2 Å². The fraction of sp³-hybridized carbons (Fsp3) is 0.263. The molecule has 2 aromatic rings. The van der Waals surface area contributed by atoms with E-state index < -0.39 is 5.97 Å². The Balaban J connectivity index is 1.86. The molecule has 0 N–H and O–H groups in total. The van der Waals surface area contributed by atoms with Gasteiger partial charge in [-0.15, -0.1) is 0 Å². The molecule has 1 aromatic heterocycles. The summed E-state index contributed by atoms with van der Waals surface area (Å²) in [4.78, 5) is 11.5. The van der Waals surface area contributed by atoms with Crippen molar-refractivity contribution in [1.29, 1.82) is 0 Å². The van der Waals surface area contributed by atoms with E-state index in [0.717, 1.165) is 16.8 Å². The highest BCUT2D eigenvalue weighted by Gasteiger charge is 2.26. The van der Waals surface area contributed by atoms with Gasteiger partial charge in [-0.1, -0.05) is 35.5 Å². The molecular weight excluding hydrogens is 306 g/mol. The number of hydrogen-bond acceptors (Lipinski definition) is 5. The molecule has 3 rings (SSSR count). The Morgan fingerprint density at radius 1 is 1.21 bits per heavy atom. The fourth-order valence-electron chi connectivity index (χ4n) is 2.41. The molecule has 24 heavy (non-hydrogen) atoms. The molecule has 0 spiro atoms. The van der Waals surface area contributed by atoms with Crippen molar-refractivity contribution in [3.63, 3.8) is 0 Å². The number of carbonyl (C=O) groups excluding carboxylic acids is 1. The average molecular weight is 325 g/mol. The van der Waals surface area contributed by atoms with E-state index in [4.69, 9.17) is 9.26 Å². The Kier molecular flexibility index (Phi) is 4.79. The zero-order valence-electron chi connectivity index (χ0n) is 13.7. The van der Waals surface area contributed by atoms with Crippen LogP contribution in [0, 0.1) is 0 Å². The molecule has 0 bridgehead atoms. The van der Waals surface area contributed by atoms with Gasteiger partial charge < -0.3 is 14.0 Å². The van der Waals surface area contributed by atoms with Crippen LogP contribution in [0.25, 0.3) is 17.9 Å². The van der Waals surface area contributed by atoms with Gasteiger partial charge in [-0.05, 0) is 24.5 Å². The van der Waals surface area contributed by atoms with Crippen LogP contribution in [0.5, 0.6) is 0 Å². The van der Waals surface area contributed by atoms with Gasteiger partial charge in [0, 0.05) is 17.5 Å². The Bertz CT molecular complexity index is 784. The van der Waals surface area contributed by atoms with Crippen molar-refractivity contribution >= 4 is 23.9 Å². The van der Waals surface area contributed by atoms with Crippen LogP contribution in [0.15, 0.2) is 40.9 Å². The second kappa shape index (κ2) is 7.17. The topological polar surface area (TPSA) is 61.6 Å². The van der Waals surface area contributed by atoms with Crippen LogP contribution in [0.4, 0.5) is 0 Å². The van der Waals surface area contributed by atoms with Gasteiger partial charge in [0.05, 0.1) is 26.0 Å². The number of hydrogen-bond donors (Lipinski definition) is 0. The minimum absolute atomic E-state index is 0.443. The molecule has 0 atom stereocenters. The summed E-state index contributed by atoms with van der Waals surface area (Å²) in [6.07, 6.45) is 7.48. The molecule has 0 saturated heterocycles. The molecule has 1 aliphatic carbocycles. The lowest BCUT2D eigenvalue weighted by Gasteiger charge is -2.09. The van der Waals surface area contributed by atoms with Crippen LogP contribution in [0.3, 0.4) is 0 Å². The van der Waals surface area contributed by atoms with Gasteiger partial charge in [-0.3, -0.25) is 0 Å². The summed E-state index contributed by atoms with van der Waals surface area (Å²) in [7, 11) is 2.85. The van der Waals surface area contributed by atoms with Crippen molar-refractivity contribution in [2.24, 2.45) is 0 Å². The fourth-order valence-corrected chi connectivity index (χ4v) is 2.41. The summed E-state index contributed by atoms with van der Waals surface area (Å²) < 4.78 is 15.3. The Labute approximate surface area is 140 Å². The molecule has 0 amide bonds. The Morgan fingerprint density at radius 2 is 2.00 bits per heavy atom. The van der Waals surface area contributed by atoms with Gasteiger partial charge in [0.1, 0.15) is 5.76 Å². The predicted octanol–water partition coefficient (Wildman–Crippen LogP) is 3.88. The molecule has 1 aromatic carbocycles. The van der Waals surface area contributed by atoms with Crippen LogP contribution < -0.4 is 0 Å². The summed E-state index contributed by atoms with van der Waals surface area (Å²) in [6.45, 7) is 0. The lowest BCUT2D eigenvalue weighted by atomic mass is 10.0. The van der Waals surface area contributed by atoms with E-state index in [1.165, 1.54) is 33.1 Å². The van der Waals surface area contributed by atoms with Gasteiger partial charge in [0.15, 0.2) is 5.76 Å². The number of carbonyl (C=O) groups is 1. The van der Waals surface area contributed by atoms with Gasteiger partial charge in [-0.25, -0.2) is 4.79 Å². The van der Waals surface area contributed by atoms with Crippen molar-refractivity contribution in [1.82, 2.24) is 5.16 Å². The van der Waals surface area contributed by atoms with Gasteiger partial charge in [-0.2, -0.15) is 0 Å². The van der Waals surface area contributed by atoms with E-state index in [2.05, 4.69) is 9.89 Å². The van der Waals surface area contributed by atoms with Crippen molar-refractivity contribution < 1.29 is 18.8 Å². The molecule has 1 aliphatic rings. The molecule has 124 valence electrons. The number of benzene rings is 1. The van der Waals surface area contributed by atoms with Crippen molar-refractivity contribution in [3.8, 4) is 0 Å². The number of ether oxygens (including phenoxy) is 2. The summed E-state index contributed by atoms with van der Waals surface area (Å²) in [6, 6.07) is 9.60. The number of methoxy groups -OCH3 is 2.